The Bertz CT molecular complexity index is 485. The van der Waals surface area contributed by atoms with Gasteiger partial charge in [-0.2, -0.15) is 0 Å². The van der Waals surface area contributed by atoms with Gasteiger partial charge in [-0.1, -0.05) is 40.2 Å². The van der Waals surface area contributed by atoms with Crippen LogP contribution in [-0.2, 0) is 6.61 Å². The van der Waals surface area contributed by atoms with E-state index in [1.807, 2.05) is 42.5 Å². The summed E-state index contributed by atoms with van der Waals surface area (Å²) >= 11 is 5.78. The molecule has 0 saturated carbocycles. The van der Waals surface area contributed by atoms with Crippen molar-refractivity contribution < 1.29 is 4.74 Å². The van der Waals surface area contributed by atoms with Gasteiger partial charge in [0, 0.05) is 13.6 Å². The lowest BCUT2D eigenvalue weighted by Gasteiger charge is -2.07. The molecule has 1 nitrogen and oxygen atoms in total. The van der Waals surface area contributed by atoms with Crippen molar-refractivity contribution in [2.45, 2.75) is 6.61 Å². The van der Waals surface area contributed by atoms with Crippen molar-refractivity contribution >= 4 is 38.5 Å². The van der Waals surface area contributed by atoms with E-state index in [4.69, 9.17) is 4.74 Å². The molecule has 0 heterocycles. The quantitative estimate of drug-likeness (QED) is 0.696. The van der Waals surface area contributed by atoms with Crippen LogP contribution in [0.4, 0.5) is 0 Å². The zero-order valence-corrected chi connectivity index (χ0v) is 12.2. The van der Waals surface area contributed by atoms with Crippen molar-refractivity contribution in [3.63, 3.8) is 0 Å². The monoisotopic (exact) mass is 388 g/mol. The van der Waals surface area contributed by atoms with E-state index in [1.165, 1.54) is 3.57 Å². The first-order chi connectivity index (χ1) is 7.75. The minimum absolute atomic E-state index is 0.585. The van der Waals surface area contributed by atoms with Crippen molar-refractivity contribution in [1.82, 2.24) is 0 Å². The molecule has 0 unspecified atom stereocenters. The van der Waals surface area contributed by atoms with E-state index >= 15 is 0 Å². The van der Waals surface area contributed by atoms with Gasteiger partial charge in [-0.3, -0.25) is 0 Å². The Hall–Kier alpha value is -0.550. The second kappa shape index (κ2) is 5.68. The molecule has 0 N–H and O–H groups in total. The highest BCUT2D eigenvalue weighted by Crippen LogP contribution is 2.20. The van der Waals surface area contributed by atoms with Crippen LogP contribution in [0.15, 0.2) is 53.0 Å². The van der Waals surface area contributed by atoms with Crippen LogP contribution in [0.5, 0.6) is 5.75 Å². The largest absolute Gasteiger partial charge is 0.489 e. The van der Waals surface area contributed by atoms with Crippen LogP contribution in [-0.4, -0.2) is 0 Å². The first-order valence-electron chi connectivity index (χ1n) is 4.87. The molecular formula is C13H10BrIO. The van der Waals surface area contributed by atoms with Crippen LogP contribution in [0, 0.1) is 3.57 Å². The molecule has 0 spiro atoms. The molecular weight excluding hydrogens is 379 g/mol. The standard InChI is InChI=1S/C13H10BrIO/c14-13-7-2-1-4-10(13)9-16-12-6-3-5-11(15)8-12/h1-8H,9H2. The van der Waals surface area contributed by atoms with E-state index in [1.54, 1.807) is 0 Å². The van der Waals surface area contributed by atoms with Gasteiger partial charge in [0.2, 0.25) is 0 Å². The maximum atomic E-state index is 5.72. The predicted molar refractivity (Wildman–Crippen MR) is 77.6 cm³/mol. The number of benzene rings is 2. The summed E-state index contributed by atoms with van der Waals surface area (Å²) in [6.45, 7) is 0.585. The minimum atomic E-state index is 0.585. The molecule has 0 radical (unpaired) electrons. The van der Waals surface area contributed by atoms with E-state index in [-0.39, 0.29) is 0 Å². The summed E-state index contributed by atoms with van der Waals surface area (Å²) in [5.74, 6) is 0.905. The maximum absolute atomic E-state index is 5.72. The van der Waals surface area contributed by atoms with E-state index < -0.39 is 0 Å². The van der Waals surface area contributed by atoms with Crippen LogP contribution in [0.3, 0.4) is 0 Å². The molecule has 16 heavy (non-hydrogen) atoms. The van der Waals surface area contributed by atoms with Crippen molar-refractivity contribution in [3.8, 4) is 5.75 Å². The molecule has 0 atom stereocenters. The zero-order chi connectivity index (χ0) is 11.4. The van der Waals surface area contributed by atoms with E-state index in [9.17, 15) is 0 Å². The Morgan fingerprint density at radius 3 is 2.62 bits per heavy atom. The Labute approximate surface area is 117 Å². The number of hydrogen-bond acceptors (Lipinski definition) is 1. The lowest BCUT2D eigenvalue weighted by molar-refractivity contribution is 0.305. The first kappa shape index (κ1) is 11.9. The van der Waals surface area contributed by atoms with Crippen LogP contribution in [0.1, 0.15) is 5.56 Å². The van der Waals surface area contributed by atoms with Crippen molar-refractivity contribution in [3.05, 3.63) is 62.1 Å². The van der Waals surface area contributed by atoms with Gasteiger partial charge in [-0.05, 0) is 46.9 Å². The van der Waals surface area contributed by atoms with Crippen molar-refractivity contribution in [1.29, 1.82) is 0 Å². The van der Waals surface area contributed by atoms with Gasteiger partial charge < -0.3 is 4.74 Å². The molecule has 0 aliphatic heterocycles. The van der Waals surface area contributed by atoms with Crippen molar-refractivity contribution in [2.24, 2.45) is 0 Å². The third-order valence-electron chi connectivity index (χ3n) is 2.15. The minimum Gasteiger partial charge on any atom is -0.489 e. The normalized spacial score (nSPS) is 10.1. The summed E-state index contributed by atoms with van der Waals surface area (Å²) in [7, 11) is 0. The summed E-state index contributed by atoms with van der Waals surface area (Å²) in [5, 5.41) is 0. The number of rotatable bonds is 3. The molecule has 2 aromatic rings. The Morgan fingerprint density at radius 2 is 1.88 bits per heavy atom. The molecule has 0 aliphatic carbocycles. The summed E-state index contributed by atoms with van der Waals surface area (Å²) in [6, 6.07) is 16.1. The molecule has 0 bridgehead atoms. The highest BCUT2D eigenvalue weighted by Gasteiger charge is 2.00. The lowest BCUT2D eigenvalue weighted by atomic mass is 10.2. The van der Waals surface area contributed by atoms with Crippen LogP contribution in [0.2, 0.25) is 0 Å². The van der Waals surface area contributed by atoms with E-state index in [2.05, 4.69) is 44.6 Å². The number of ether oxygens (including phenoxy) is 1. The average molecular weight is 389 g/mol. The van der Waals surface area contributed by atoms with Crippen LogP contribution >= 0.6 is 38.5 Å². The van der Waals surface area contributed by atoms with Gasteiger partial charge in [0.25, 0.3) is 0 Å². The molecule has 2 rings (SSSR count). The number of halogens is 2. The SMILES string of the molecule is Brc1ccccc1COc1cccc(I)c1. The van der Waals surface area contributed by atoms with Gasteiger partial charge in [-0.25, -0.2) is 0 Å². The van der Waals surface area contributed by atoms with Gasteiger partial charge in [0.1, 0.15) is 12.4 Å². The molecule has 0 aliphatic rings. The summed E-state index contributed by atoms with van der Waals surface area (Å²) in [4.78, 5) is 0. The first-order valence-corrected chi connectivity index (χ1v) is 6.74. The third-order valence-corrected chi connectivity index (χ3v) is 3.59. The van der Waals surface area contributed by atoms with Crippen molar-refractivity contribution in [2.75, 3.05) is 0 Å². The molecule has 0 saturated heterocycles. The van der Waals surface area contributed by atoms with Crippen LogP contribution in [0.25, 0.3) is 0 Å². The summed E-state index contributed by atoms with van der Waals surface area (Å²) < 4.78 is 7.99. The van der Waals surface area contributed by atoms with Crippen LogP contribution < -0.4 is 4.74 Å². The third kappa shape index (κ3) is 3.22. The molecule has 0 amide bonds. The van der Waals surface area contributed by atoms with E-state index in [0.717, 1.165) is 15.8 Å². The fraction of sp³-hybridized carbons (Fsp3) is 0.0769. The van der Waals surface area contributed by atoms with Gasteiger partial charge in [0.15, 0.2) is 0 Å². The Kier molecular flexibility index (Phi) is 4.23. The zero-order valence-electron chi connectivity index (χ0n) is 8.49. The smallest absolute Gasteiger partial charge is 0.120 e. The fourth-order valence-corrected chi connectivity index (χ4v) is 2.25. The molecule has 0 aromatic heterocycles. The predicted octanol–water partition coefficient (Wildman–Crippen LogP) is 4.63. The fourth-order valence-electron chi connectivity index (χ4n) is 1.33. The highest BCUT2D eigenvalue weighted by molar-refractivity contribution is 14.1. The Balaban J connectivity index is 2.05. The molecule has 82 valence electrons. The maximum Gasteiger partial charge on any atom is 0.120 e. The lowest BCUT2D eigenvalue weighted by Crippen LogP contribution is -1.96. The molecule has 2 aromatic carbocycles. The summed E-state index contributed by atoms with van der Waals surface area (Å²) in [5.41, 5.74) is 1.15. The van der Waals surface area contributed by atoms with Gasteiger partial charge >= 0.3 is 0 Å². The van der Waals surface area contributed by atoms with Gasteiger partial charge in [-0.15, -0.1) is 0 Å². The molecule has 0 fully saturated rings. The topological polar surface area (TPSA) is 9.23 Å². The van der Waals surface area contributed by atoms with Gasteiger partial charge in [0.05, 0.1) is 0 Å². The molecule has 3 heteroatoms. The Morgan fingerprint density at radius 1 is 1.06 bits per heavy atom. The second-order valence-electron chi connectivity index (χ2n) is 3.34. The van der Waals surface area contributed by atoms with E-state index in [0.29, 0.717) is 6.61 Å². The summed E-state index contributed by atoms with van der Waals surface area (Å²) in [6.07, 6.45) is 0. The number of hydrogen-bond donors (Lipinski definition) is 0. The second-order valence-corrected chi connectivity index (χ2v) is 5.44. The highest BCUT2D eigenvalue weighted by atomic mass is 127. The average Bonchev–Trinajstić information content (AvgIpc) is 2.28.